The number of aliphatic carboxylic acids is 1. The average Bonchev–Trinajstić information content (AvgIpc) is 2.15. The number of Topliss-reactive ketones (excluding diaryl/α,β-unsaturated/α-hetero) is 1. The fourth-order valence-corrected chi connectivity index (χ4v) is 1.94. The summed E-state index contributed by atoms with van der Waals surface area (Å²) in [7, 11) is 0. The molecule has 6 nitrogen and oxygen atoms in total. The molecule has 0 aliphatic carbocycles. The van der Waals surface area contributed by atoms with Crippen LogP contribution < -0.4 is 0 Å². The zero-order chi connectivity index (χ0) is 11.6. The minimum atomic E-state index is -1.24. The number of amides is 1. The summed E-state index contributed by atoms with van der Waals surface area (Å²) in [4.78, 5) is 34.1. The van der Waals surface area contributed by atoms with Crippen LogP contribution in [0.5, 0.6) is 0 Å². The molecule has 1 heterocycles. The maximum Gasteiger partial charge on any atom is 0.407 e. The highest BCUT2D eigenvalue weighted by molar-refractivity contribution is 6.00. The summed E-state index contributed by atoms with van der Waals surface area (Å²) in [6, 6.07) is -0.735. The Balaban J connectivity index is 2.95. The van der Waals surface area contributed by atoms with Gasteiger partial charge in [0.2, 0.25) is 0 Å². The van der Waals surface area contributed by atoms with Gasteiger partial charge < -0.3 is 15.1 Å². The van der Waals surface area contributed by atoms with Gasteiger partial charge in [-0.1, -0.05) is 6.92 Å². The monoisotopic (exact) mass is 215 g/mol. The number of carboxylic acid groups (broad SMARTS) is 2. The van der Waals surface area contributed by atoms with Crippen LogP contribution in [0, 0.1) is 5.92 Å². The number of ketones is 1. The predicted molar refractivity (Wildman–Crippen MR) is 49.6 cm³/mol. The molecular formula is C9H13NO5. The molecule has 0 radical (unpaired) electrons. The highest BCUT2D eigenvalue weighted by atomic mass is 16.4. The van der Waals surface area contributed by atoms with E-state index in [1.54, 1.807) is 6.92 Å². The lowest BCUT2D eigenvalue weighted by Gasteiger charge is -2.36. The fourth-order valence-electron chi connectivity index (χ4n) is 1.94. The third kappa shape index (κ3) is 2.08. The highest BCUT2D eigenvalue weighted by Gasteiger charge is 2.42. The Bertz CT molecular complexity index is 301. The van der Waals surface area contributed by atoms with Crippen LogP contribution in [0.25, 0.3) is 0 Å². The molecule has 1 aliphatic heterocycles. The second kappa shape index (κ2) is 4.29. The molecule has 0 aromatic heterocycles. The summed E-state index contributed by atoms with van der Waals surface area (Å²) in [5.74, 6) is -2.83. The molecule has 6 heteroatoms. The molecule has 0 aromatic rings. The predicted octanol–water partition coefficient (Wildman–Crippen LogP) is 0.419. The third-order valence-electron chi connectivity index (χ3n) is 2.66. The third-order valence-corrected chi connectivity index (χ3v) is 2.66. The number of piperidine rings is 1. The Morgan fingerprint density at radius 3 is 2.47 bits per heavy atom. The van der Waals surface area contributed by atoms with Gasteiger partial charge in [-0.05, 0) is 6.42 Å². The summed E-state index contributed by atoms with van der Waals surface area (Å²) in [5, 5.41) is 17.7. The molecule has 1 fully saturated rings. The molecule has 0 saturated carbocycles. The fraction of sp³-hybridized carbons (Fsp3) is 0.667. The number of carbonyl (C=O) groups excluding carboxylic acids is 1. The van der Waals surface area contributed by atoms with E-state index in [1.807, 2.05) is 0 Å². The number of nitrogens with zero attached hydrogens (tertiary/aromatic N) is 1. The van der Waals surface area contributed by atoms with Gasteiger partial charge in [0.15, 0.2) is 5.78 Å². The van der Waals surface area contributed by atoms with Crippen molar-refractivity contribution in [3.05, 3.63) is 0 Å². The van der Waals surface area contributed by atoms with E-state index in [0.717, 1.165) is 4.90 Å². The number of rotatable bonds is 2. The Labute approximate surface area is 86.5 Å². The summed E-state index contributed by atoms with van der Waals surface area (Å²) >= 11 is 0. The molecule has 1 amide bonds. The lowest BCUT2D eigenvalue weighted by molar-refractivity contribution is -0.151. The first-order valence-electron chi connectivity index (χ1n) is 4.74. The van der Waals surface area contributed by atoms with Gasteiger partial charge in [0.1, 0.15) is 5.92 Å². The van der Waals surface area contributed by atoms with Gasteiger partial charge in [0.25, 0.3) is 0 Å². The Hall–Kier alpha value is -1.59. The lowest BCUT2D eigenvalue weighted by atomic mass is 9.87. The largest absolute Gasteiger partial charge is 0.481 e. The van der Waals surface area contributed by atoms with E-state index in [2.05, 4.69) is 0 Å². The van der Waals surface area contributed by atoms with Gasteiger partial charge in [-0.15, -0.1) is 0 Å². The number of carboxylic acids is 1. The molecule has 2 N–H and O–H groups in total. The number of likely N-dealkylation sites (tertiary alicyclic amines) is 1. The molecule has 2 atom stereocenters. The zero-order valence-corrected chi connectivity index (χ0v) is 8.34. The molecule has 0 bridgehead atoms. The molecule has 2 unspecified atom stereocenters. The van der Waals surface area contributed by atoms with Crippen LogP contribution in [0.1, 0.15) is 19.8 Å². The number of carbonyl (C=O) groups is 3. The second-order valence-corrected chi connectivity index (χ2v) is 3.48. The lowest BCUT2D eigenvalue weighted by Crippen LogP contribution is -2.53. The quantitative estimate of drug-likeness (QED) is 0.651. The standard InChI is InChI=1S/C9H13NO5/c1-2-5-7(8(12)13)6(11)3-4-10(5)9(14)15/h5,7H,2-4H2,1H3,(H,12,13)(H,14,15). The molecule has 1 rings (SSSR count). The SMILES string of the molecule is CCC1C(C(=O)O)C(=O)CCN1C(=O)O. The maximum absolute atomic E-state index is 11.4. The van der Waals surface area contributed by atoms with Crippen LogP contribution in [0.3, 0.4) is 0 Å². The highest BCUT2D eigenvalue weighted by Crippen LogP contribution is 2.23. The second-order valence-electron chi connectivity index (χ2n) is 3.48. The number of hydrogen-bond acceptors (Lipinski definition) is 3. The summed E-state index contributed by atoms with van der Waals surface area (Å²) < 4.78 is 0. The Morgan fingerprint density at radius 1 is 1.47 bits per heavy atom. The van der Waals surface area contributed by atoms with E-state index < -0.39 is 24.0 Å². The van der Waals surface area contributed by atoms with Gasteiger partial charge in [-0.2, -0.15) is 0 Å². The van der Waals surface area contributed by atoms with Crippen LogP contribution in [0.2, 0.25) is 0 Å². The molecule has 0 aromatic carbocycles. The molecule has 15 heavy (non-hydrogen) atoms. The van der Waals surface area contributed by atoms with Crippen LogP contribution in [0.15, 0.2) is 0 Å². The summed E-state index contributed by atoms with van der Waals surface area (Å²) in [6.07, 6.45) is -0.852. The minimum Gasteiger partial charge on any atom is -0.481 e. The van der Waals surface area contributed by atoms with Gasteiger partial charge >= 0.3 is 12.1 Å². The van der Waals surface area contributed by atoms with Gasteiger partial charge in [-0.3, -0.25) is 9.59 Å². The first kappa shape index (κ1) is 11.5. The van der Waals surface area contributed by atoms with Crippen molar-refractivity contribution in [1.29, 1.82) is 0 Å². The van der Waals surface area contributed by atoms with E-state index >= 15 is 0 Å². The smallest absolute Gasteiger partial charge is 0.407 e. The van der Waals surface area contributed by atoms with Crippen LogP contribution >= 0.6 is 0 Å². The summed E-state index contributed by atoms with van der Waals surface area (Å²) in [5.41, 5.74) is 0. The van der Waals surface area contributed by atoms with Crippen LogP contribution in [-0.4, -0.2) is 45.5 Å². The molecule has 1 aliphatic rings. The zero-order valence-electron chi connectivity index (χ0n) is 8.34. The van der Waals surface area contributed by atoms with Gasteiger partial charge in [0.05, 0.1) is 6.04 Å². The van der Waals surface area contributed by atoms with Crippen molar-refractivity contribution >= 4 is 17.8 Å². The van der Waals surface area contributed by atoms with Crippen molar-refractivity contribution in [3.63, 3.8) is 0 Å². The molecule has 0 spiro atoms. The first-order valence-corrected chi connectivity index (χ1v) is 4.74. The Morgan fingerprint density at radius 2 is 2.07 bits per heavy atom. The molecular weight excluding hydrogens is 202 g/mol. The number of hydrogen-bond donors (Lipinski definition) is 2. The van der Waals surface area contributed by atoms with Gasteiger partial charge in [0, 0.05) is 13.0 Å². The van der Waals surface area contributed by atoms with Crippen molar-refractivity contribution < 1.29 is 24.6 Å². The summed E-state index contributed by atoms with van der Waals surface area (Å²) in [6.45, 7) is 1.77. The molecule has 1 saturated heterocycles. The van der Waals surface area contributed by atoms with Gasteiger partial charge in [-0.25, -0.2) is 4.79 Å². The minimum absolute atomic E-state index is 0.0141. The Kier molecular flexibility index (Phi) is 3.28. The topological polar surface area (TPSA) is 94.9 Å². The van der Waals surface area contributed by atoms with Crippen molar-refractivity contribution in [2.45, 2.75) is 25.8 Å². The maximum atomic E-state index is 11.4. The van der Waals surface area contributed by atoms with Crippen molar-refractivity contribution in [2.24, 2.45) is 5.92 Å². The van der Waals surface area contributed by atoms with Crippen molar-refractivity contribution in [3.8, 4) is 0 Å². The first-order chi connectivity index (χ1) is 6.99. The van der Waals surface area contributed by atoms with Crippen molar-refractivity contribution in [1.82, 2.24) is 4.90 Å². The van der Waals surface area contributed by atoms with E-state index in [4.69, 9.17) is 10.2 Å². The van der Waals surface area contributed by atoms with E-state index in [1.165, 1.54) is 0 Å². The van der Waals surface area contributed by atoms with Crippen molar-refractivity contribution in [2.75, 3.05) is 6.54 Å². The molecule has 84 valence electrons. The van der Waals surface area contributed by atoms with E-state index in [9.17, 15) is 14.4 Å². The van der Waals surface area contributed by atoms with E-state index in [0.29, 0.717) is 6.42 Å². The normalized spacial score (nSPS) is 26.5. The van der Waals surface area contributed by atoms with Crippen LogP contribution in [0.4, 0.5) is 4.79 Å². The van der Waals surface area contributed by atoms with E-state index in [-0.39, 0.29) is 18.7 Å². The van der Waals surface area contributed by atoms with Crippen LogP contribution in [-0.2, 0) is 9.59 Å². The average molecular weight is 215 g/mol.